The molecule has 1 aromatic carbocycles. The Morgan fingerprint density at radius 3 is 2.61 bits per heavy atom. The SMILES string of the molecule is CN(C)S(=O)(=O)CCNC(=O)Nc1snnc1-c1ccccc1. The number of carbonyl (C=O) groups excluding carboxylic acids is 1. The fourth-order valence-corrected chi connectivity index (χ4v) is 2.99. The summed E-state index contributed by atoms with van der Waals surface area (Å²) < 4.78 is 28.2. The largest absolute Gasteiger partial charge is 0.337 e. The molecule has 1 aromatic heterocycles. The minimum atomic E-state index is -3.34. The van der Waals surface area contributed by atoms with E-state index in [0.717, 1.165) is 21.4 Å². The minimum Gasteiger partial charge on any atom is -0.337 e. The Balaban J connectivity index is 1.94. The molecule has 0 aliphatic heterocycles. The third-order valence-corrected chi connectivity index (χ3v) is 5.44. The molecule has 1 heterocycles. The number of aromatic nitrogens is 2. The van der Waals surface area contributed by atoms with E-state index in [9.17, 15) is 13.2 Å². The van der Waals surface area contributed by atoms with Crippen LogP contribution in [-0.4, -0.2) is 54.7 Å². The second kappa shape index (κ2) is 7.49. The molecular formula is C13H17N5O3S2. The number of hydrogen-bond donors (Lipinski definition) is 2. The van der Waals surface area contributed by atoms with Crippen LogP contribution in [0.25, 0.3) is 11.3 Å². The lowest BCUT2D eigenvalue weighted by Gasteiger charge is -2.11. The topological polar surface area (TPSA) is 104 Å². The summed E-state index contributed by atoms with van der Waals surface area (Å²) in [5.41, 5.74) is 1.42. The Morgan fingerprint density at radius 1 is 1.26 bits per heavy atom. The third-order valence-electron chi connectivity index (χ3n) is 2.96. The van der Waals surface area contributed by atoms with Gasteiger partial charge in [-0.1, -0.05) is 34.8 Å². The highest BCUT2D eigenvalue weighted by Crippen LogP contribution is 2.28. The molecule has 124 valence electrons. The van der Waals surface area contributed by atoms with Crippen LogP contribution in [0.1, 0.15) is 0 Å². The first kappa shape index (κ1) is 17.3. The van der Waals surface area contributed by atoms with Gasteiger partial charge in [0.25, 0.3) is 0 Å². The van der Waals surface area contributed by atoms with Crippen molar-refractivity contribution in [2.45, 2.75) is 0 Å². The first-order chi connectivity index (χ1) is 10.9. The minimum absolute atomic E-state index is 0.0131. The van der Waals surface area contributed by atoms with Gasteiger partial charge in [0.05, 0.1) is 5.75 Å². The molecule has 10 heteroatoms. The zero-order chi connectivity index (χ0) is 16.9. The van der Waals surface area contributed by atoms with Crippen molar-refractivity contribution in [3.63, 3.8) is 0 Å². The maximum absolute atomic E-state index is 11.9. The Bertz CT molecular complexity index is 759. The quantitative estimate of drug-likeness (QED) is 0.811. The van der Waals surface area contributed by atoms with Crippen molar-refractivity contribution in [1.82, 2.24) is 19.2 Å². The molecule has 0 spiro atoms. The van der Waals surface area contributed by atoms with Crippen LogP contribution in [0.2, 0.25) is 0 Å². The number of hydrogen-bond acceptors (Lipinski definition) is 6. The number of nitrogens with zero attached hydrogens (tertiary/aromatic N) is 3. The van der Waals surface area contributed by atoms with E-state index in [1.54, 1.807) is 0 Å². The van der Waals surface area contributed by atoms with E-state index >= 15 is 0 Å². The zero-order valence-electron chi connectivity index (χ0n) is 12.7. The highest BCUT2D eigenvalue weighted by molar-refractivity contribution is 7.89. The summed E-state index contributed by atoms with van der Waals surface area (Å²) in [7, 11) is -0.440. The van der Waals surface area contributed by atoms with Crippen molar-refractivity contribution in [1.29, 1.82) is 0 Å². The molecule has 0 aliphatic carbocycles. The van der Waals surface area contributed by atoms with Crippen LogP contribution < -0.4 is 10.6 Å². The van der Waals surface area contributed by atoms with Crippen molar-refractivity contribution in [2.24, 2.45) is 0 Å². The van der Waals surface area contributed by atoms with Crippen LogP contribution in [0.15, 0.2) is 30.3 Å². The van der Waals surface area contributed by atoms with Crippen molar-refractivity contribution < 1.29 is 13.2 Å². The summed E-state index contributed by atoms with van der Waals surface area (Å²) in [6, 6.07) is 8.85. The molecule has 0 aliphatic rings. The molecular weight excluding hydrogens is 338 g/mol. The Morgan fingerprint density at radius 2 is 1.96 bits per heavy atom. The molecule has 2 rings (SSSR count). The van der Waals surface area contributed by atoms with Gasteiger partial charge in [0.1, 0.15) is 10.7 Å². The van der Waals surface area contributed by atoms with Crippen molar-refractivity contribution in [3.05, 3.63) is 30.3 Å². The third kappa shape index (κ3) is 4.71. The molecule has 2 aromatic rings. The maximum Gasteiger partial charge on any atom is 0.319 e. The lowest BCUT2D eigenvalue weighted by atomic mass is 10.2. The molecule has 0 saturated heterocycles. The fraction of sp³-hybridized carbons (Fsp3) is 0.308. The van der Waals surface area contributed by atoms with Gasteiger partial charge in [0, 0.05) is 37.7 Å². The van der Waals surface area contributed by atoms with Gasteiger partial charge < -0.3 is 5.32 Å². The van der Waals surface area contributed by atoms with E-state index in [1.807, 2.05) is 30.3 Å². The second-order valence-electron chi connectivity index (χ2n) is 4.80. The predicted molar refractivity (Wildman–Crippen MR) is 89.8 cm³/mol. The smallest absolute Gasteiger partial charge is 0.319 e. The molecule has 2 amide bonds. The second-order valence-corrected chi connectivity index (χ2v) is 7.85. The van der Waals surface area contributed by atoms with Crippen molar-refractivity contribution in [3.8, 4) is 11.3 Å². The van der Waals surface area contributed by atoms with Gasteiger partial charge in [-0.25, -0.2) is 17.5 Å². The standard InChI is InChI=1S/C13H17N5O3S2/c1-18(2)23(20,21)9-8-14-13(19)15-12-11(16-17-22-12)10-6-4-3-5-7-10/h3-7H,8-9H2,1-2H3,(H2,14,15,19). The Labute approximate surface area is 138 Å². The molecule has 0 fully saturated rings. The first-order valence-electron chi connectivity index (χ1n) is 6.73. The van der Waals surface area contributed by atoms with Crippen LogP contribution in [0.4, 0.5) is 9.80 Å². The van der Waals surface area contributed by atoms with Gasteiger partial charge in [-0.05, 0) is 0 Å². The molecule has 0 radical (unpaired) electrons. The summed E-state index contributed by atoms with van der Waals surface area (Å²) in [5, 5.41) is 9.65. The van der Waals surface area contributed by atoms with Gasteiger partial charge in [0.2, 0.25) is 10.0 Å². The first-order valence-corrected chi connectivity index (χ1v) is 9.11. The van der Waals surface area contributed by atoms with Crippen LogP contribution in [0.5, 0.6) is 0 Å². The van der Waals surface area contributed by atoms with Gasteiger partial charge in [0.15, 0.2) is 0 Å². The normalized spacial score (nSPS) is 11.4. The molecule has 0 unspecified atom stereocenters. The van der Waals surface area contributed by atoms with Crippen molar-refractivity contribution >= 4 is 32.6 Å². The van der Waals surface area contributed by atoms with E-state index in [4.69, 9.17) is 0 Å². The van der Waals surface area contributed by atoms with Gasteiger partial charge in [-0.3, -0.25) is 5.32 Å². The average Bonchev–Trinajstić information content (AvgIpc) is 2.95. The number of rotatable bonds is 6. The highest BCUT2D eigenvalue weighted by Gasteiger charge is 2.15. The monoisotopic (exact) mass is 355 g/mol. The fourth-order valence-electron chi connectivity index (χ4n) is 1.68. The molecule has 0 saturated carbocycles. The number of carbonyl (C=O) groups is 1. The summed E-state index contributed by atoms with van der Waals surface area (Å²) in [5.74, 6) is -0.167. The Hall–Kier alpha value is -2.04. The van der Waals surface area contributed by atoms with E-state index in [2.05, 4.69) is 20.2 Å². The number of nitrogens with one attached hydrogen (secondary N) is 2. The van der Waals surface area contributed by atoms with Crippen LogP contribution in [0.3, 0.4) is 0 Å². The van der Waals surface area contributed by atoms with Gasteiger partial charge >= 0.3 is 6.03 Å². The van der Waals surface area contributed by atoms with Crippen LogP contribution in [-0.2, 0) is 10.0 Å². The molecule has 23 heavy (non-hydrogen) atoms. The van der Waals surface area contributed by atoms with E-state index in [-0.39, 0.29) is 12.3 Å². The number of benzene rings is 1. The summed E-state index contributed by atoms with van der Waals surface area (Å²) >= 11 is 1.06. The summed E-state index contributed by atoms with van der Waals surface area (Å²) in [6.45, 7) is 0.0131. The number of urea groups is 1. The van der Waals surface area contributed by atoms with E-state index in [0.29, 0.717) is 10.7 Å². The lowest BCUT2D eigenvalue weighted by Crippen LogP contribution is -2.36. The van der Waals surface area contributed by atoms with Crippen LogP contribution in [0, 0.1) is 0 Å². The van der Waals surface area contributed by atoms with E-state index in [1.165, 1.54) is 14.1 Å². The highest BCUT2D eigenvalue weighted by atomic mass is 32.2. The van der Waals surface area contributed by atoms with Crippen molar-refractivity contribution in [2.75, 3.05) is 31.7 Å². The number of anilines is 1. The molecule has 0 atom stereocenters. The summed E-state index contributed by atoms with van der Waals surface area (Å²) in [4.78, 5) is 11.9. The molecule has 2 N–H and O–H groups in total. The zero-order valence-corrected chi connectivity index (χ0v) is 14.3. The van der Waals surface area contributed by atoms with E-state index < -0.39 is 16.1 Å². The molecule has 8 nitrogen and oxygen atoms in total. The number of sulfonamides is 1. The number of amides is 2. The maximum atomic E-state index is 11.9. The van der Waals surface area contributed by atoms with Gasteiger partial charge in [-0.15, -0.1) is 5.10 Å². The lowest BCUT2D eigenvalue weighted by molar-refractivity contribution is 0.252. The van der Waals surface area contributed by atoms with Crippen LogP contribution >= 0.6 is 11.5 Å². The average molecular weight is 355 g/mol. The van der Waals surface area contributed by atoms with Gasteiger partial charge in [-0.2, -0.15) is 0 Å². The Kier molecular flexibility index (Phi) is 5.64. The molecule has 0 bridgehead atoms. The summed E-state index contributed by atoms with van der Waals surface area (Å²) in [6.07, 6.45) is 0. The predicted octanol–water partition coefficient (Wildman–Crippen LogP) is 1.22.